The number of rotatable bonds is 8. The molecule has 12 aromatic carbocycles. The molecule has 0 amide bonds. The highest BCUT2D eigenvalue weighted by Gasteiger charge is 2.27. The molecule has 0 fully saturated rings. The van der Waals surface area contributed by atoms with Crippen molar-refractivity contribution in [2.75, 3.05) is 0 Å². The van der Waals surface area contributed by atoms with Gasteiger partial charge in [-0.2, -0.15) is 0 Å². The molecule has 0 unspecified atom stereocenters. The normalized spacial score (nSPS) is 11.5. The van der Waals surface area contributed by atoms with Gasteiger partial charge in [0.15, 0.2) is 0 Å². The van der Waals surface area contributed by atoms with Crippen molar-refractivity contribution in [2.24, 2.45) is 0 Å². The van der Waals surface area contributed by atoms with Crippen molar-refractivity contribution in [2.45, 2.75) is 6.92 Å². The Hall–Kier alpha value is -8.86. The first-order chi connectivity index (χ1) is 34.8. The summed E-state index contributed by atoms with van der Waals surface area (Å²) in [5.41, 5.74) is 16.2. The molecule has 12 rings (SSSR count). The van der Waals surface area contributed by atoms with Gasteiger partial charge in [0.25, 0.3) is 0 Å². The number of hydrogen-bond donors (Lipinski definition) is 0. The Morgan fingerprint density at radius 3 is 0.859 bits per heavy atom. The summed E-state index contributed by atoms with van der Waals surface area (Å²) in [6.45, 7) is 1.78. The lowest BCUT2D eigenvalue weighted by Crippen LogP contribution is -1.98. The van der Waals surface area contributed by atoms with E-state index in [0.717, 1.165) is 121 Å². The zero-order valence-corrected chi connectivity index (χ0v) is 38.5. The highest BCUT2D eigenvalue weighted by molar-refractivity contribution is 6.34. The van der Waals surface area contributed by atoms with Gasteiger partial charge in [-0.25, -0.2) is 17.6 Å². The minimum absolute atomic E-state index is 0.244. The van der Waals surface area contributed by atoms with Crippen LogP contribution in [-0.4, -0.2) is 0 Å². The second-order valence-electron chi connectivity index (χ2n) is 18.1. The van der Waals surface area contributed by atoms with Gasteiger partial charge in [-0.15, -0.1) is 0 Å². The van der Waals surface area contributed by atoms with E-state index in [1.54, 1.807) is 19.1 Å². The largest absolute Gasteiger partial charge is 0.207 e. The molecule has 338 valence electrons. The zero-order valence-electron chi connectivity index (χ0n) is 38.5. The molecule has 0 heterocycles. The lowest BCUT2D eigenvalue weighted by molar-refractivity contribution is 0.618. The molecule has 12 aromatic rings. The second-order valence-corrected chi connectivity index (χ2v) is 18.1. The van der Waals surface area contributed by atoms with E-state index in [9.17, 15) is 17.6 Å². The molecule has 4 heteroatoms. The fourth-order valence-corrected chi connectivity index (χ4v) is 10.4. The fraction of sp³-hybridized carbons (Fsp3) is 0.0149. The van der Waals surface area contributed by atoms with Crippen molar-refractivity contribution in [3.05, 3.63) is 265 Å². The molecule has 0 N–H and O–H groups in total. The number of hydrogen-bond acceptors (Lipinski definition) is 0. The van der Waals surface area contributed by atoms with E-state index in [4.69, 9.17) is 0 Å². The molecule has 0 nitrogen and oxygen atoms in total. The predicted molar refractivity (Wildman–Crippen MR) is 287 cm³/mol. The monoisotopic (exact) mass is 922 g/mol. The van der Waals surface area contributed by atoms with Crippen LogP contribution in [-0.2, 0) is 0 Å². The Kier molecular flexibility index (Phi) is 10.9. The molecule has 0 spiro atoms. The van der Waals surface area contributed by atoms with Gasteiger partial charge in [0, 0.05) is 0 Å². The topological polar surface area (TPSA) is 0 Å². The first kappa shape index (κ1) is 43.4. The van der Waals surface area contributed by atoms with E-state index in [2.05, 4.69) is 133 Å². The van der Waals surface area contributed by atoms with Crippen LogP contribution in [0.25, 0.3) is 121 Å². The molecule has 0 saturated carbocycles. The van der Waals surface area contributed by atoms with Gasteiger partial charge in [-0.3, -0.25) is 0 Å². The Labute approximate surface area is 409 Å². The molecule has 0 aliphatic rings. The summed E-state index contributed by atoms with van der Waals surface area (Å²) in [4.78, 5) is 0. The third-order valence-electron chi connectivity index (χ3n) is 13.9. The van der Waals surface area contributed by atoms with Gasteiger partial charge in [0.1, 0.15) is 23.3 Å². The number of fused-ring (bicyclic) bond motifs is 3. The minimum atomic E-state index is -0.301. The van der Waals surface area contributed by atoms with Crippen molar-refractivity contribution < 1.29 is 17.6 Å². The SMILES string of the molecule is Cc1cc(-c2ccc(-c3c4ccc(-c5ccc(F)cc5)cc4c(-c4ccccc4)c4c(-c5ccc(-c6ccc(F)cc6)cc5)c5ccc(-c6ccc(F)cc6)cc5c(-c5ccccc5)c34)cc2)ccc1F. The van der Waals surface area contributed by atoms with Crippen LogP contribution < -0.4 is 0 Å². The number of benzene rings is 12. The van der Waals surface area contributed by atoms with E-state index in [1.165, 1.54) is 42.5 Å². The van der Waals surface area contributed by atoms with Crippen LogP contribution in [0.1, 0.15) is 5.56 Å². The van der Waals surface area contributed by atoms with Crippen LogP contribution in [0, 0.1) is 30.2 Å². The van der Waals surface area contributed by atoms with Gasteiger partial charge < -0.3 is 0 Å². The van der Waals surface area contributed by atoms with E-state index in [1.807, 2.05) is 48.5 Å². The van der Waals surface area contributed by atoms with Gasteiger partial charge in [0.05, 0.1) is 0 Å². The molecule has 0 atom stereocenters. The number of halogens is 4. The van der Waals surface area contributed by atoms with Crippen LogP contribution in [0.4, 0.5) is 17.6 Å². The molecule has 0 aromatic heterocycles. The Balaban J connectivity index is 1.29. The first-order valence-corrected chi connectivity index (χ1v) is 23.6. The summed E-state index contributed by atoms with van der Waals surface area (Å²) in [5, 5.41) is 6.17. The van der Waals surface area contributed by atoms with E-state index >= 15 is 0 Å². The molecule has 71 heavy (non-hydrogen) atoms. The van der Waals surface area contributed by atoms with Crippen molar-refractivity contribution in [1.82, 2.24) is 0 Å². The van der Waals surface area contributed by atoms with Gasteiger partial charge in [-0.1, -0.05) is 176 Å². The van der Waals surface area contributed by atoms with Crippen LogP contribution in [0.3, 0.4) is 0 Å². The predicted octanol–water partition coefficient (Wildman–Crippen LogP) is 19.3. The second kappa shape index (κ2) is 17.9. The molecule has 0 radical (unpaired) electrons. The van der Waals surface area contributed by atoms with Gasteiger partial charge in [0.2, 0.25) is 0 Å². The van der Waals surface area contributed by atoms with Crippen LogP contribution in [0.5, 0.6) is 0 Å². The summed E-state index contributed by atoms with van der Waals surface area (Å²) in [7, 11) is 0. The lowest BCUT2D eigenvalue weighted by atomic mass is 9.76. The third-order valence-corrected chi connectivity index (χ3v) is 13.9. The Morgan fingerprint density at radius 1 is 0.225 bits per heavy atom. The molecule has 0 bridgehead atoms. The van der Waals surface area contributed by atoms with Crippen LogP contribution in [0.15, 0.2) is 237 Å². The van der Waals surface area contributed by atoms with E-state index in [-0.39, 0.29) is 23.3 Å². The maximum Gasteiger partial charge on any atom is 0.126 e. The fourth-order valence-electron chi connectivity index (χ4n) is 10.4. The lowest BCUT2D eigenvalue weighted by Gasteiger charge is -2.26. The summed E-state index contributed by atoms with van der Waals surface area (Å²) in [6, 6.07) is 76.4. The maximum atomic E-state index is 14.6. The smallest absolute Gasteiger partial charge is 0.126 e. The van der Waals surface area contributed by atoms with Gasteiger partial charge >= 0.3 is 0 Å². The molecule has 0 aliphatic heterocycles. The van der Waals surface area contributed by atoms with Gasteiger partial charge in [-0.05, 0) is 194 Å². The van der Waals surface area contributed by atoms with Crippen molar-refractivity contribution in [3.63, 3.8) is 0 Å². The van der Waals surface area contributed by atoms with Crippen molar-refractivity contribution in [1.29, 1.82) is 0 Å². The summed E-state index contributed by atoms with van der Waals surface area (Å²) >= 11 is 0. The quantitative estimate of drug-likeness (QED) is 0.105. The highest BCUT2D eigenvalue weighted by atomic mass is 19.1. The minimum Gasteiger partial charge on any atom is -0.207 e. The highest BCUT2D eigenvalue weighted by Crippen LogP contribution is 2.54. The summed E-state index contributed by atoms with van der Waals surface area (Å²) in [6.07, 6.45) is 0. The van der Waals surface area contributed by atoms with Crippen LogP contribution in [0.2, 0.25) is 0 Å². The molecule has 0 aliphatic carbocycles. The van der Waals surface area contributed by atoms with E-state index < -0.39 is 0 Å². The van der Waals surface area contributed by atoms with Crippen molar-refractivity contribution >= 4 is 32.3 Å². The summed E-state index contributed by atoms with van der Waals surface area (Å²) < 4.78 is 57.6. The standard InChI is InChI=1S/C67H42F4/c1-41-38-51(28-37-61(41)71)44-14-18-50(19-15-44)63-58-36-27-53(46-24-33-56(70)34-25-46)40-60(58)64(47-8-4-2-5-9-47)66-62(49-16-12-42(13-17-49)43-20-29-54(68)30-21-43)57-35-26-52(45-22-31-55(69)32-23-45)39-59(57)65(67(63)66)48-10-6-3-7-11-48/h2-40H,1H3. The average molecular weight is 923 g/mol. The summed E-state index contributed by atoms with van der Waals surface area (Å²) in [5.74, 6) is -1.14. The third kappa shape index (κ3) is 7.94. The van der Waals surface area contributed by atoms with E-state index in [0.29, 0.717) is 5.56 Å². The van der Waals surface area contributed by atoms with Crippen molar-refractivity contribution in [3.8, 4) is 89.0 Å². The number of aryl methyl sites for hydroxylation is 1. The Bertz CT molecular complexity index is 3960. The first-order valence-electron chi connectivity index (χ1n) is 23.6. The molecular weight excluding hydrogens is 881 g/mol. The molecule has 0 saturated heterocycles. The maximum absolute atomic E-state index is 14.6. The Morgan fingerprint density at radius 2 is 0.493 bits per heavy atom. The van der Waals surface area contributed by atoms with Crippen LogP contribution >= 0.6 is 0 Å². The zero-order chi connectivity index (χ0) is 48.2. The average Bonchev–Trinajstić information content (AvgIpc) is 3.41. The molecular formula is C67H42F4.